The van der Waals surface area contributed by atoms with E-state index in [0.29, 0.717) is 0 Å². The quantitative estimate of drug-likeness (QED) is 0.913. The Hall–Kier alpha value is -0.350. The molecule has 1 rings (SSSR count). The average molecular weight is 277 g/mol. The third-order valence-electron chi connectivity index (χ3n) is 1.91. The van der Waals surface area contributed by atoms with Crippen LogP contribution in [-0.2, 0) is 11.2 Å². The zero-order chi connectivity index (χ0) is 10.8. The molecule has 0 atom stereocenters. The van der Waals surface area contributed by atoms with Crippen molar-refractivity contribution in [2.24, 2.45) is 5.41 Å². The monoisotopic (exact) mass is 276 g/mol. The van der Waals surface area contributed by atoms with Gasteiger partial charge in [0.1, 0.15) is 0 Å². The van der Waals surface area contributed by atoms with Crippen molar-refractivity contribution in [2.75, 3.05) is 0 Å². The molecule has 0 fully saturated rings. The highest BCUT2D eigenvalue weighted by Crippen LogP contribution is 2.31. The van der Waals surface area contributed by atoms with Crippen LogP contribution in [0.1, 0.15) is 25.1 Å². The summed E-state index contributed by atoms with van der Waals surface area (Å²) in [5, 5.41) is 8.73. The molecule has 0 aromatic carbocycles. The van der Waals surface area contributed by atoms with Crippen molar-refractivity contribution < 1.29 is 9.90 Å². The Morgan fingerprint density at radius 2 is 2.21 bits per heavy atom. The number of carboxylic acids is 1. The molecule has 1 heterocycles. The minimum absolute atomic E-state index is 0.171. The largest absolute Gasteiger partial charge is 0.481 e. The van der Waals surface area contributed by atoms with Gasteiger partial charge in [-0.1, -0.05) is 13.8 Å². The maximum atomic E-state index is 10.6. The minimum atomic E-state index is -0.731. The minimum Gasteiger partial charge on any atom is -0.481 e. The van der Waals surface area contributed by atoms with Crippen molar-refractivity contribution in [3.63, 3.8) is 0 Å². The molecule has 4 heteroatoms. The molecular formula is C10H13BrO2S. The summed E-state index contributed by atoms with van der Waals surface area (Å²) in [7, 11) is 0. The lowest BCUT2D eigenvalue weighted by Gasteiger charge is -2.21. The Labute approximate surface area is 96.1 Å². The number of thiophene rings is 1. The lowest BCUT2D eigenvalue weighted by molar-refractivity contribution is -0.139. The summed E-state index contributed by atoms with van der Waals surface area (Å²) in [6.07, 6.45) is 1.03. The van der Waals surface area contributed by atoms with Gasteiger partial charge in [0.15, 0.2) is 0 Å². The molecule has 0 unspecified atom stereocenters. The standard InChI is InChI=1S/C10H13BrO2S/c1-10(2,6-9(12)13)5-7-3-4-8(11)14-7/h3-4H,5-6H2,1-2H3,(H,12,13). The normalized spacial score (nSPS) is 11.6. The van der Waals surface area contributed by atoms with Crippen LogP contribution in [-0.4, -0.2) is 11.1 Å². The fraction of sp³-hybridized carbons (Fsp3) is 0.500. The van der Waals surface area contributed by atoms with E-state index in [4.69, 9.17) is 5.11 Å². The van der Waals surface area contributed by atoms with E-state index in [2.05, 4.69) is 15.9 Å². The molecule has 0 aliphatic heterocycles. The number of hydrogen-bond donors (Lipinski definition) is 1. The highest BCUT2D eigenvalue weighted by Gasteiger charge is 2.22. The predicted octanol–water partition coefficient (Wildman–Crippen LogP) is 3.55. The van der Waals surface area contributed by atoms with Crippen molar-refractivity contribution in [3.8, 4) is 0 Å². The molecule has 0 bridgehead atoms. The summed E-state index contributed by atoms with van der Waals surface area (Å²) < 4.78 is 1.10. The van der Waals surface area contributed by atoms with Crippen LogP contribution in [0.15, 0.2) is 15.9 Å². The van der Waals surface area contributed by atoms with E-state index in [-0.39, 0.29) is 11.8 Å². The van der Waals surface area contributed by atoms with E-state index in [1.165, 1.54) is 4.88 Å². The molecule has 1 aromatic heterocycles. The van der Waals surface area contributed by atoms with Gasteiger partial charge in [-0.3, -0.25) is 4.79 Å². The second-order valence-corrected chi connectivity index (χ2v) is 6.66. The highest BCUT2D eigenvalue weighted by atomic mass is 79.9. The topological polar surface area (TPSA) is 37.3 Å². The number of halogens is 1. The predicted molar refractivity (Wildman–Crippen MR) is 61.8 cm³/mol. The van der Waals surface area contributed by atoms with E-state index in [1.807, 2.05) is 26.0 Å². The lowest BCUT2D eigenvalue weighted by Crippen LogP contribution is -2.19. The summed E-state index contributed by atoms with van der Waals surface area (Å²) >= 11 is 5.06. The maximum absolute atomic E-state index is 10.6. The Balaban J connectivity index is 2.63. The van der Waals surface area contributed by atoms with Crippen LogP contribution in [0.3, 0.4) is 0 Å². The fourth-order valence-electron chi connectivity index (χ4n) is 1.39. The highest BCUT2D eigenvalue weighted by molar-refractivity contribution is 9.11. The van der Waals surface area contributed by atoms with Crippen molar-refractivity contribution in [1.29, 1.82) is 0 Å². The van der Waals surface area contributed by atoms with Crippen molar-refractivity contribution >= 4 is 33.2 Å². The first-order valence-electron chi connectivity index (χ1n) is 4.35. The first-order chi connectivity index (χ1) is 6.39. The summed E-state index contributed by atoms with van der Waals surface area (Å²) in [5.41, 5.74) is -0.171. The summed E-state index contributed by atoms with van der Waals surface area (Å²) in [6, 6.07) is 4.04. The van der Waals surface area contributed by atoms with Crippen LogP contribution in [0.25, 0.3) is 0 Å². The Kier molecular flexibility index (Phi) is 3.72. The van der Waals surface area contributed by atoms with Gasteiger partial charge in [0.2, 0.25) is 0 Å². The maximum Gasteiger partial charge on any atom is 0.303 e. The molecule has 0 saturated heterocycles. The first kappa shape index (κ1) is 11.7. The molecule has 0 saturated carbocycles. The van der Waals surface area contributed by atoms with Gasteiger partial charge in [0, 0.05) is 4.88 Å². The van der Waals surface area contributed by atoms with Crippen LogP contribution in [0.2, 0.25) is 0 Å². The van der Waals surface area contributed by atoms with Gasteiger partial charge >= 0.3 is 5.97 Å². The molecule has 0 aliphatic carbocycles. The number of rotatable bonds is 4. The third kappa shape index (κ3) is 3.80. The van der Waals surface area contributed by atoms with E-state index in [1.54, 1.807) is 11.3 Å². The summed E-state index contributed by atoms with van der Waals surface area (Å²) in [4.78, 5) is 11.8. The van der Waals surface area contributed by atoms with Crippen LogP contribution in [0, 0.1) is 5.41 Å². The van der Waals surface area contributed by atoms with Crippen LogP contribution in [0.4, 0.5) is 0 Å². The van der Waals surface area contributed by atoms with E-state index < -0.39 is 5.97 Å². The molecule has 78 valence electrons. The van der Waals surface area contributed by atoms with Crippen LogP contribution < -0.4 is 0 Å². The second-order valence-electron chi connectivity index (χ2n) is 4.12. The molecule has 1 N–H and O–H groups in total. The smallest absolute Gasteiger partial charge is 0.303 e. The van der Waals surface area contributed by atoms with Crippen molar-refractivity contribution in [1.82, 2.24) is 0 Å². The Bertz CT molecular complexity index is 331. The molecule has 1 aromatic rings. The van der Waals surface area contributed by atoms with E-state index in [0.717, 1.165) is 10.2 Å². The van der Waals surface area contributed by atoms with Crippen molar-refractivity contribution in [2.45, 2.75) is 26.7 Å². The van der Waals surface area contributed by atoms with E-state index in [9.17, 15) is 4.79 Å². The number of carboxylic acid groups (broad SMARTS) is 1. The Morgan fingerprint density at radius 3 is 2.64 bits per heavy atom. The molecule has 0 amide bonds. The molecule has 14 heavy (non-hydrogen) atoms. The fourth-order valence-corrected chi connectivity index (χ4v) is 3.13. The second kappa shape index (κ2) is 4.45. The first-order valence-corrected chi connectivity index (χ1v) is 5.96. The number of carbonyl (C=O) groups is 1. The Morgan fingerprint density at radius 1 is 1.57 bits per heavy atom. The van der Waals surface area contributed by atoms with Crippen molar-refractivity contribution in [3.05, 3.63) is 20.8 Å². The average Bonchev–Trinajstić information content (AvgIpc) is 2.30. The lowest BCUT2D eigenvalue weighted by atomic mass is 9.85. The molecule has 0 radical (unpaired) electrons. The van der Waals surface area contributed by atoms with Gasteiger partial charge in [-0.25, -0.2) is 0 Å². The zero-order valence-corrected chi connectivity index (χ0v) is 10.6. The summed E-state index contributed by atoms with van der Waals surface area (Å²) in [6.45, 7) is 3.96. The molecular weight excluding hydrogens is 264 g/mol. The molecule has 0 aliphatic rings. The van der Waals surface area contributed by atoms with Gasteiger partial charge in [0.25, 0.3) is 0 Å². The number of aliphatic carboxylic acids is 1. The van der Waals surface area contributed by atoms with Gasteiger partial charge in [-0.2, -0.15) is 0 Å². The third-order valence-corrected chi connectivity index (χ3v) is 3.54. The number of hydrogen-bond acceptors (Lipinski definition) is 2. The SMILES string of the molecule is CC(C)(CC(=O)O)Cc1ccc(Br)s1. The van der Waals surface area contributed by atoms with Gasteiger partial charge in [0.05, 0.1) is 10.2 Å². The molecule has 2 nitrogen and oxygen atoms in total. The zero-order valence-electron chi connectivity index (χ0n) is 8.21. The van der Waals surface area contributed by atoms with Gasteiger partial charge in [-0.05, 0) is 39.9 Å². The molecule has 0 spiro atoms. The van der Waals surface area contributed by atoms with Gasteiger partial charge in [-0.15, -0.1) is 11.3 Å². The van der Waals surface area contributed by atoms with Gasteiger partial charge < -0.3 is 5.11 Å². The summed E-state index contributed by atoms with van der Waals surface area (Å²) in [5.74, 6) is -0.731. The van der Waals surface area contributed by atoms with Crippen LogP contribution >= 0.6 is 27.3 Å². The van der Waals surface area contributed by atoms with E-state index >= 15 is 0 Å². The van der Waals surface area contributed by atoms with Crippen LogP contribution in [0.5, 0.6) is 0 Å².